The maximum absolute atomic E-state index is 8.96. The van der Waals surface area contributed by atoms with Crippen LogP contribution in [0.1, 0.15) is 18.3 Å². The minimum Gasteiger partial charge on any atom is -0.490 e. The van der Waals surface area contributed by atoms with Gasteiger partial charge in [0.25, 0.3) is 5.89 Å². The summed E-state index contributed by atoms with van der Waals surface area (Å²) >= 11 is 0. The van der Waals surface area contributed by atoms with Crippen LogP contribution in [0.2, 0.25) is 0 Å². The lowest BCUT2D eigenvalue weighted by atomic mass is 10.2. The lowest BCUT2D eigenvalue weighted by molar-refractivity contribution is 0.258. The highest BCUT2D eigenvalue weighted by Crippen LogP contribution is 2.29. The van der Waals surface area contributed by atoms with Crippen molar-refractivity contribution in [3.63, 3.8) is 0 Å². The fourth-order valence-electron chi connectivity index (χ4n) is 2.12. The summed E-state index contributed by atoms with van der Waals surface area (Å²) in [5, 5.41) is 12.9. The molecule has 1 aromatic heterocycles. The standard InChI is InChI=1S/C18H15N3O3/c1-2-22-16-10-13(11-19)8-9-15(16)23-12-17-20-18(24-21-17)14-6-4-3-5-7-14/h3-10H,2,12H2,1H3. The number of ether oxygens (including phenoxy) is 2. The number of nitriles is 1. The summed E-state index contributed by atoms with van der Waals surface area (Å²) in [6.07, 6.45) is 0. The van der Waals surface area contributed by atoms with Gasteiger partial charge in [0.1, 0.15) is 0 Å². The largest absolute Gasteiger partial charge is 0.490 e. The van der Waals surface area contributed by atoms with Crippen molar-refractivity contribution >= 4 is 0 Å². The lowest BCUT2D eigenvalue weighted by Crippen LogP contribution is -2.01. The molecule has 0 atom stereocenters. The summed E-state index contributed by atoms with van der Waals surface area (Å²) in [7, 11) is 0. The Morgan fingerprint density at radius 2 is 1.92 bits per heavy atom. The Bertz CT molecular complexity index is 853. The summed E-state index contributed by atoms with van der Waals surface area (Å²) in [5.41, 5.74) is 1.36. The van der Waals surface area contributed by atoms with E-state index in [0.717, 1.165) is 5.56 Å². The van der Waals surface area contributed by atoms with Gasteiger partial charge in [0.15, 0.2) is 18.1 Å². The topological polar surface area (TPSA) is 81.2 Å². The van der Waals surface area contributed by atoms with Crippen LogP contribution in [-0.2, 0) is 6.61 Å². The molecule has 0 aliphatic heterocycles. The normalized spacial score (nSPS) is 10.2. The van der Waals surface area contributed by atoms with Gasteiger partial charge in [-0.15, -0.1) is 0 Å². The Morgan fingerprint density at radius 3 is 2.67 bits per heavy atom. The van der Waals surface area contributed by atoms with Crippen molar-refractivity contribution in [2.24, 2.45) is 0 Å². The summed E-state index contributed by atoms with van der Waals surface area (Å²) in [5.74, 6) is 1.92. The Labute approximate surface area is 139 Å². The van der Waals surface area contributed by atoms with Crippen LogP contribution in [0.3, 0.4) is 0 Å². The van der Waals surface area contributed by atoms with Crippen molar-refractivity contribution in [3.05, 3.63) is 59.9 Å². The monoisotopic (exact) mass is 321 g/mol. The lowest BCUT2D eigenvalue weighted by Gasteiger charge is -2.10. The molecule has 24 heavy (non-hydrogen) atoms. The average Bonchev–Trinajstić information content (AvgIpc) is 3.10. The van der Waals surface area contributed by atoms with E-state index in [9.17, 15) is 0 Å². The van der Waals surface area contributed by atoms with Crippen LogP contribution >= 0.6 is 0 Å². The predicted molar refractivity (Wildman–Crippen MR) is 86.4 cm³/mol. The van der Waals surface area contributed by atoms with Crippen LogP contribution < -0.4 is 9.47 Å². The first-order valence-electron chi connectivity index (χ1n) is 7.48. The predicted octanol–water partition coefficient (Wildman–Crippen LogP) is 3.59. The molecule has 1 heterocycles. The van der Waals surface area contributed by atoms with Gasteiger partial charge in [-0.3, -0.25) is 0 Å². The molecule has 0 amide bonds. The molecular formula is C18H15N3O3. The Morgan fingerprint density at radius 1 is 1.08 bits per heavy atom. The number of benzene rings is 2. The molecule has 0 saturated heterocycles. The molecule has 0 N–H and O–H groups in total. The second kappa shape index (κ2) is 7.29. The molecule has 0 aliphatic rings. The second-order valence-corrected chi connectivity index (χ2v) is 4.88. The molecule has 6 heteroatoms. The molecule has 0 aliphatic carbocycles. The quantitative estimate of drug-likeness (QED) is 0.690. The fourth-order valence-corrected chi connectivity index (χ4v) is 2.12. The highest BCUT2D eigenvalue weighted by Gasteiger charge is 2.11. The first-order valence-corrected chi connectivity index (χ1v) is 7.48. The van der Waals surface area contributed by atoms with Crippen LogP contribution in [0.5, 0.6) is 11.5 Å². The van der Waals surface area contributed by atoms with Crippen molar-refractivity contribution in [2.75, 3.05) is 6.61 Å². The van der Waals surface area contributed by atoms with Gasteiger partial charge in [-0.25, -0.2) is 0 Å². The molecule has 0 spiro atoms. The first kappa shape index (κ1) is 15.6. The van der Waals surface area contributed by atoms with E-state index in [1.54, 1.807) is 18.2 Å². The third kappa shape index (κ3) is 3.52. The summed E-state index contributed by atoms with van der Waals surface area (Å²) in [4.78, 5) is 4.31. The smallest absolute Gasteiger partial charge is 0.258 e. The molecule has 3 rings (SSSR count). The maximum Gasteiger partial charge on any atom is 0.258 e. The van der Waals surface area contributed by atoms with Crippen LogP contribution in [0.25, 0.3) is 11.5 Å². The van der Waals surface area contributed by atoms with E-state index in [1.807, 2.05) is 37.3 Å². The molecule has 120 valence electrons. The van der Waals surface area contributed by atoms with Crippen molar-refractivity contribution < 1.29 is 14.0 Å². The highest BCUT2D eigenvalue weighted by atomic mass is 16.5. The van der Waals surface area contributed by atoms with Crippen LogP contribution in [0.4, 0.5) is 0 Å². The second-order valence-electron chi connectivity index (χ2n) is 4.88. The van der Waals surface area contributed by atoms with Crippen LogP contribution in [0, 0.1) is 11.3 Å². The van der Waals surface area contributed by atoms with Gasteiger partial charge in [0, 0.05) is 11.6 Å². The molecule has 0 fully saturated rings. The molecule has 2 aromatic carbocycles. The van der Waals surface area contributed by atoms with Crippen LogP contribution in [-0.4, -0.2) is 16.7 Å². The van der Waals surface area contributed by atoms with E-state index >= 15 is 0 Å². The zero-order valence-electron chi connectivity index (χ0n) is 13.1. The van der Waals surface area contributed by atoms with Gasteiger partial charge in [-0.05, 0) is 31.2 Å². The number of hydrogen-bond donors (Lipinski definition) is 0. The third-order valence-electron chi connectivity index (χ3n) is 3.22. The van der Waals surface area contributed by atoms with E-state index in [-0.39, 0.29) is 6.61 Å². The number of hydrogen-bond acceptors (Lipinski definition) is 6. The van der Waals surface area contributed by atoms with Gasteiger partial charge in [0.2, 0.25) is 5.82 Å². The molecule has 6 nitrogen and oxygen atoms in total. The molecule has 0 radical (unpaired) electrons. The Balaban J connectivity index is 1.72. The first-order chi connectivity index (χ1) is 11.8. The van der Waals surface area contributed by atoms with Gasteiger partial charge >= 0.3 is 0 Å². The zero-order valence-corrected chi connectivity index (χ0v) is 13.1. The minimum absolute atomic E-state index is 0.141. The molecule has 0 unspecified atom stereocenters. The van der Waals surface area contributed by atoms with Gasteiger partial charge in [-0.2, -0.15) is 10.2 Å². The Hall–Kier alpha value is -3.33. The highest BCUT2D eigenvalue weighted by molar-refractivity contribution is 5.52. The van der Waals surface area contributed by atoms with Gasteiger partial charge < -0.3 is 14.0 Å². The third-order valence-corrected chi connectivity index (χ3v) is 3.22. The summed E-state index contributed by atoms with van der Waals surface area (Å²) in [6.45, 7) is 2.49. The molecule has 0 saturated carbocycles. The van der Waals surface area contributed by atoms with Crippen molar-refractivity contribution in [1.29, 1.82) is 5.26 Å². The van der Waals surface area contributed by atoms with Gasteiger partial charge in [0.05, 0.1) is 18.2 Å². The van der Waals surface area contributed by atoms with Crippen LogP contribution in [0.15, 0.2) is 53.1 Å². The number of aromatic nitrogens is 2. The summed E-state index contributed by atoms with van der Waals surface area (Å²) in [6, 6.07) is 16.6. The molecular weight excluding hydrogens is 306 g/mol. The van der Waals surface area contributed by atoms with E-state index in [1.165, 1.54) is 0 Å². The number of nitrogens with zero attached hydrogens (tertiary/aromatic N) is 3. The van der Waals surface area contributed by atoms with E-state index in [4.69, 9.17) is 19.3 Å². The minimum atomic E-state index is 0.141. The zero-order chi connectivity index (χ0) is 16.8. The van der Waals surface area contributed by atoms with E-state index in [2.05, 4.69) is 16.2 Å². The fraction of sp³-hybridized carbons (Fsp3) is 0.167. The van der Waals surface area contributed by atoms with Crippen molar-refractivity contribution in [2.45, 2.75) is 13.5 Å². The average molecular weight is 321 g/mol. The Kier molecular flexibility index (Phi) is 4.73. The SMILES string of the molecule is CCOc1cc(C#N)ccc1OCc1noc(-c2ccccc2)n1. The van der Waals surface area contributed by atoms with E-state index < -0.39 is 0 Å². The molecule has 0 bridgehead atoms. The molecule has 3 aromatic rings. The summed E-state index contributed by atoms with van der Waals surface area (Å²) < 4.78 is 16.4. The number of rotatable bonds is 6. The van der Waals surface area contributed by atoms with Crippen molar-refractivity contribution in [1.82, 2.24) is 10.1 Å². The van der Waals surface area contributed by atoms with E-state index in [0.29, 0.717) is 35.4 Å². The van der Waals surface area contributed by atoms with Crippen molar-refractivity contribution in [3.8, 4) is 29.0 Å². The maximum atomic E-state index is 8.96. The van der Waals surface area contributed by atoms with Gasteiger partial charge in [-0.1, -0.05) is 23.4 Å².